The van der Waals surface area contributed by atoms with E-state index in [9.17, 15) is 14.4 Å². The Kier molecular flexibility index (Phi) is 4.60. The van der Waals surface area contributed by atoms with Gasteiger partial charge in [-0.3, -0.25) is 14.4 Å². The van der Waals surface area contributed by atoms with E-state index >= 15 is 0 Å². The Morgan fingerprint density at radius 2 is 1.61 bits per heavy atom. The van der Waals surface area contributed by atoms with Gasteiger partial charge in [0.2, 0.25) is 0 Å². The van der Waals surface area contributed by atoms with E-state index in [1.165, 1.54) is 0 Å². The first-order chi connectivity index (χ1) is 13.6. The lowest BCUT2D eigenvalue weighted by molar-refractivity contribution is -0.118. The van der Waals surface area contributed by atoms with Crippen molar-refractivity contribution in [2.24, 2.45) is 0 Å². The molecule has 3 aromatic rings. The van der Waals surface area contributed by atoms with Crippen LogP contribution in [0.4, 0.5) is 11.4 Å². The number of para-hydroxylation sites is 1. The van der Waals surface area contributed by atoms with Crippen molar-refractivity contribution in [2.45, 2.75) is 0 Å². The van der Waals surface area contributed by atoms with E-state index in [-0.39, 0.29) is 35.3 Å². The van der Waals surface area contributed by atoms with E-state index in [2.05, 4.69) is 10.6 Å². The van der Waals surface area contributed by atoms with E-state index in [0.29, 0.717) is 22.7 Å². The normalized spacial score (nSPS) is 12.4. The summed E-state index contributed by atoms with van der Waals surface area (Å²) in [5.41, 5.74) is 1.98. The van der Waals surface area contributed by atoms with Crippen molar-refractivity contribution in [1.29, 1.82) is 0 Å². The third-order valence-corrected chi connectivity index (χ3v) is 4.32. The second kappa shape index (κ2) is 7.36. The van der Waals surface area contributed by atoms with E-state index in [1.807, 2.05) is 18.2 Å². The summed E-state index contributed by atoms with van der Waals surface area (Å²) in [7, 11) is 0. The largest absolute Gasteiger partial charge is 0.482 e. The highest BCUT2D eigenvalue weighted by molar-refractivity contribution is 6.18. The van der Waals surface area contributed by atoms with Crippen molar-refractivity contribution in [3.63, 3.8) is 0 Å². The number of amides is 2. The van der Waals surface area contributed by atoms with Crippen molar-refractivity contribution in [2.75, 3.05) is 17.2 Å². The summed E-state index contributed by atoms with van der Waals surface area (Å²) in [6.45, 7) is -0.0528. The molecule has 0 bridgehead atoms. The number of nitrogens with one attached hydrogen (secondary N) is 2. The molecule has 3 aromatic carbocycles. The monoisotopic (exact) mass is 372 g/mol. The van der Waals surface area contributed by atoms with Gasteiger partial charge in [0.05, 0.1) is 11.3 Å². The van der Waals surface area contributed by atoms with Crippen molar-refractivity contribution in [3.05, 3.63) is 89.5 Å². The van der Waals surface area contributed by atoms with Gasteiger partial charge in [-0.25, -0.2) is 0 Å². The molecule has 0 aromatic heterocycles. The molecule has 138 valence electrons. The third kappa shape index (κ3) is 3.48. The SMILES string of the molecule is O=C1COc2ccc(C(=O)c3ccccc3C(=O)Nc3ccccc3)cc2N1. The Labute approximate surface area is 161 Å². The fourth-order valence-corrected chi connectivity index (χ4v) is 2.98. The van der Waals surface area contributed by atoms with Crippen LogP contribution in [0.3, 0.4) is 0 Å². The summed E-state index contributed by atoms with van der Waals surface area (Å²) in [6.07, 6.45) is 0. The van der Waals surface area contributed by atoms with Gasteiger partial charge in [-0.1, -0.05) is 36.4 Å². The number of hydrogen-bond acceptors (Lipinski definition) is 4. The number of anilines is 2. The lowest BCUT2D eigenvalue weighted by Gasteiger charge is -2.18. The van der Waals surface area contributed by atoms with Crippen LogP contribution in [0.1, 0.15) is 26.3 Å². The maximum absolute atomic E-state index is 13.1. The number of carbonyl (C=O) groups is 3. The van der Waals surface area contributed by atoms with Crippen molar-refractivity contribution in [3.8, 4) is 5.75 Å². The van der Waals surface area contributed by atoms with Crippen LogP contribution < -0.4 is 15.4 Å². The molecule has 0 saturated carbocycles. The molecular formula is C22H16N2O4. The van der Waals surface area contributed by atoms with Crippen molar-refractivity contribution in [1.82, 2.24) is 0 Å². The fraction of sp³-hybridized carbons (Fsp3) is 0.0455. The number of hydrogen-bond donors (Lipinski definition) is 2. The minimum Gasteiger partial charge on any atom is -0.482 e. The predicted octanol–water partition coefficient (Wildman–Crippen LogP) is 3.50. The van der Waals surface area contributed by atoms with Gasteiger partial charge in [0.25, 0.3) is 11.8 Å². The highest BCUT2D eigenvalue weighted by atomic mass is 16.5. The van der Waals surface area contributed by atoms with E-state index < -0.39 is 0 Å². The van der Waals surface area contributed by atoms with Gasteiger partial charge in [0.1, 0.15) is 5.75 Å². The van der Waals surface area contributed by atoms with Crippen molar-refractivity contribution < 1.29 is 19.1 Å². The standard InChI is InChI=1S/C22H16N2O4/c25-20-13-28-19-11-10-14(12-18(19)24-20)21(26)16-8-4-5-9-17(16)22(27)23-15-6-2-1-3-7-15/h1-12H,13H2,(H,23,27)(H,24,25). The molecule has 1 aliphatic heterocycles. The molecule has 0 saturated heterocycles. The topological polar surface area (TPSA) is 84.5 Å². The molecule has 2 N–H and O–H groups in total. The second-order valence-electron chi connectivity index (χ2n) is 6.24. The van der Waals surface area contributed by atoms with E-state index in [4.69, 9.17) is 4.74 Å². The van der Waals surface area contributed by atoms with Crippen LogP contribution in [0.25, 0.3) is 0 Å². The molecule has 1 aliphatic rings. The van der Waals surface area contributed by atoms with Crippen LogP contribution in [-0.2, 0) is 4.79 Å². The number of ether oxygens (including phenoxy) is 1. The highest BCUT2D eigenvalue weighted by Crippen LogP contribution is 2.29. The van der Waals surface area contributed by atoms with Crippen LogP contribution in [-0.4, -0.2) is 24.2 Å². The summed E-state index contributed by atoms with van der Waals surface area (Å²) < 4.78 is 5.32. The molecule has 6 nitrogen and oxygen atoms in total. The average Bonchev–Trinajstić information content (AvgIpc) is 2.73. The van der Waals surface area contributed by atoms with Gasteiger partial charge in [0.15, 0.2) is 12.4 Å². The Hall–Kier alpha value is -3.93. The summed E-state index contributed by atoms with van der Waals surface area (Å²) in [4.78, 5) is 37.3. The predicted molar refractivity (Wildman–Crippen MR) is 105 cm³/mol. The maximum atomic E-state index is 13.1. The molecule has 28 heavy (non-hydrogen) atoms. The molecule has 4 rings (SSSR count). The van der Waals surface area contributed by atoms with Gasteiger partial charge >= 0.3 is 0 Å². The first-order valence-electron chi connectivity index (χ1n) is 8.68. The molecule has 1 heterocycles. The minimum absolute atomic E-state index is 0.0528. The number of fused-ring (bicyclic) bond motifs is 1. The molecule has 0 radical (unpaired) electrons. The summed E-state index contributed by atoms with van der Waals surface area (Å²) in [6, 6.07) is 20.5. The Morgan fingerprint density at radius 3 is 2.39 bits per heavy atom. The van der Waals surface area contributed by atoms with Crippen LogP contribution in [0.2, 0.25) is 0 Å². The maximum Gasteiger partial charge on any atom is 0.262 e. The van der Waals surface area contributed by atoms with Crippen molar-refractivity contribution >= 4 is 29.0 Å². The zero-order valence-corrected chi connectivity index (χ0v) is 14.8. The van der Waals surface area contributed by atoms with Gasteiger partial charge in [0, 0.05) is 16.8 Å². The summed E-state index contributed by atoms with van der Waals surface area (Å²) in [5.74, 6) is -0.461. The molecule has 0 aliphatic carbocycles. The average molecular weight is 372 g/mol. The quantitative estimate of drug-likeness (QED) is 0.687. The summed E-state index contributed by atoms with van der Waals surface area (Å²) >= 11 is 0. The lowest BCUT2D eigenvalue weighted by Crippen LogP contribution is -2.25. The first-order valence-corrected chi connectivity index (χ1v) is 8.68. The zero-order chi connectivity index (χ0) is 19.5. The molecule has 0 atom stereocenters. The first kappa shape index (κ1) is 17.5. The zero-order valence-electron chi connectivity index (χ0n) is 14.8. The Balaban J connectivity index is 1.65. The van der Waals surface area contributed by atoms with Gasteiger partial charge in [-0.05, 0) is 36.4 Å². The lowest BCUT2D eigenvalue weighted by atomic mass is 9.97. The molecule has 0 unspecified atom stereocenters. The van der Waals surface area contributed by atoms with E-state index in [1.54, 1.807) is 54.6 Å². The highest BCUT2D eigenvalue weighted by Gasteiger charge is 2.21. The summed E-state index contributed by atoms with van der Waals surface area (Å²) in [5, 5.41) is 5.47. The van der Waals surface area contributed by atoms with Gasteiger partial charge in [-0.15, -0.1) is 0 Å². The number of benzene rings is 3. The number of carbonyl (C=O) groups excluding carboxylic acids is 3. The molecule has 6 heteroatoms. The van der Waals surface area contributed by atoms with Crippen LogP contribution >= 0.6 is 0 Å². The van der Waals surface area contributed by atoms with Crippen LogP contribution in [0.5, 0.6) is 5.75 Å². The Bertz CT molecular complexity index is 1080. The minimum atomic E-state index is -0.371. The van der Waals surface area contributed by atoms with Gasteiger partial charge < -0.3 is 15.4 Å². The van der Waals surface area contributed by atoms with E-state index in [0.717, 1.165) is 0 Å². The molecule has 2 amide bonds. The van der Waals surface area contributed by atoms with Gasteiger partial charge in [-0.2, -0.15) is 0 Å². The number of rotatable bonds is 4. The van der Waals surface area contributed by atoms with Crippen LogP contribution in [0, 0.1) is 0 Å². The smallest absolute Gasteiger partial charge is 0.262 e. The molecule has 0 fully saturated rings. The molecule has 0 spiro atoms. The Morgan fingerprint density at radius 1 is 0.893 bits per heavy atom. The van der Waals surface area contributed by atoms with Crippen LogP contribution in [0.15, 0.2) is 72.8 Å². The second-order valence-corrected chi connectivity index (χ2v) is 6.24. The molecular weight excluding hydrogens is 356 g/mol. The fourth-order valence-electron chi connectivity index (χ4n) is 2.98. The third-order valence-electron chi connectivity index (χ3n) is 4.32. The number of ketones is 1.